The van der Waals surface area contributed by atoms with E-state index in [4.69, 9.17) is 4.74 Å². The zero-order valence-corrected chi connectivity index (χ0v) is 25.2. The van der Waals surface area contributed by atoms with Gasteiger partial charge in [0, 0.05) is 68.2 Å². The summed E-state index contributed by atoms with van der Waals surface area (Å²) in [6, 6.07) is 7.01. The van der Waals surface area contributed by atoms with E-state index in [9.17, 15) is 28.6 Å². The van der Waals surface area contributed by atoms with Crippen molar-refractivity contribution in [3.63, 3.8) is 0 Å². The first kappa shape index (κ1) is 31.9. The molecule has 0 atom stereocenters. The van der Waals surface area contributed by atoms with Crippen molar-refractivity contribution in [2.45, 2.75) is 62.5 Å². The molecule has 0 aromatic carbocycles. The molecule has 244 valence electrons. The number of piperidine rings is 1. The maximum Gasteiger partial charge on any atom is 0.433 e. The molecule has 46 heavy (non-hydrogen) atoms. The van der Waals surface area contributed by atoms with Gasteiger partial charge in [0.05, 0.1) is 43.1 Å². The molecule has 1 aliphatic heterocycles. The van der Waals surface area contributed by atoms with Crippen LogP contribution in [0.1, 0.15) is 43.4 Å². The van der Waals surface area contributed by atoms with Crippen molar-refractivity contribution in [1.29, 1.82) is 5.26 Å². The van der Waals surface area contributed by atoms with E-state index in [1.807, 2.05) is 23.1 Å². The van der Waals surface area contributed by atoms with Gasteiger partial charge in [-0.1, -0.05) is 0 Å². The first-order chi connectivity index (χ1) is 22.2. The Morgan fingerprint density at radius 1 is 1.13 bits per heavy atom. The number of aliphatic hydroxyl groups excluding tert-OH is 2. The van der Waals surface area contributed by atoms with Gasteiger partial charge in [-0.25, -0.2) is 15.0 Å². The van der Waals surface area contributed by atoms with Gasteiger partial charge in [-0.2, -0.15) is 23.5 Å². The predicted molar refractivity (Wildman–Crippen MR) is 160 cm³/mol. The minimum atomic E-state index is -4.64. The van der Waals surface area contributed by atoms with Crippen molar-refractivity contribution in [1.82, 2.24) is 39.5 Å². The summed E-state index contributed by atoms with van der Waals surface area (Å²) >= 11 is 0. The van der Waals surface area contributed by atoms with Crippen LogP contribution in [0.5, 0.6) is 5.88 Å². The summed E-state index contributed by atoms with van der Waals surface area (Å²) in [7, 11) is 0. The number of hydrogen-bond acceptors (Lipinski definition) is 10. The van der Waals surface area contributed by atoms with Gasteiger partial charge in [0.15, 0.2) is 0 Å². The number of aromatic amines is 1. The summed E-state index contributed by atoms with van der Waals surface area (Å²) in [5.41, 5.74) is 1.26. The fourth-order valence-electron chi connectivity index (χ4n) is 6.64. The van der Waals surface area contributed by atoms with Gasteiger partial charge in [0.2, 0.25) is 5.88 Å². The van der Waals surface area contributed by atoms with E-state index in [-0.39, 0.29) is 50.9 Å². The third-order valence-corrected chi connectivity index (χ3v) is 9.01. The number of likely N-dealkylation sites (tertiary alicyclic amines) is 1. The van der Waals surface area contributed by atoms with Gasteiger partial charge in [0.25, 0.3) is 0 Å². The first-order valence-corrected chi connectivity index (χ1v) is 15.3. The molecule has 15 heteroatoms. The SMILES string of the molecule is N#CC[C@]1(n2cc(-c3ncnc4[nH]ccc34)cn2)C[C@@H](N2CCC(Oc3cc(CN(CCO)CCO)cc(C(F)(F)F)n3)CC2)C1. The normalized spacial score (nSPS) is 21.0. The Morgan fingerprint density at radius 3 is 2.59 bits per heavy atom. The second-order valence-corrected chi connectivity index (χ2v) is 12.0. The predicted octanol–water partition coefficient (Wildman–Crippen LogP) is 3.34. The standard InChI is InChI=1S/C31H36F3N9O3/c32-31(33,34)26-13-21(18-41(9-11-44)10-12-45)14-27(40-26)46-24-2-7-42(8-3-24)23-15-30(16-23,4-5-35)43-19-22(17-39-43)28-25-1-6-36-29(25)38-20-37-28/h1,6,13-14,17,19-20,23-24,44-45H,2-4,7-12,15-16,18H2,(H,36,37,38)/t23-,30+. The van der Waals surface area contributed by atoms with Crippen LogP contribution >= 0.6 is 0 Å². The average Bonchev–Trinajstić information content (AvgIpc) is 3.70. The second kappa shape index (κ2) is 13.3. The molecule has 0 bridgehead atoms. The fraction of sp³-hybridized carbons (Fsp3) is 0.516. The zero-order valence-electron chi connectivity index (χ0n) is 25.2. The molecular formula is C31H36F3N9O3. The molecule has 2 fully saturated rings. The number of nitrogens with zero attached hydrogens (tertiary/aromatic N) is 8. The number of ether oxygens (including phenoxy) is 1. The molecule has 1 saturated heterocycles. The highest BCUT2D eigenvalue weighted by molar-refractivity contribution is 5.90. The molecule has 1 saturated carbocycles. The summed E-state index contributed by atoms with van der Waals surface area (Å²) in [6.07, 6.45) is 5.21. The minimum absolute atomic E-state index is 0.0806. The van der Waals surface area contributed by atoms with Crippen molar-refractivity contribution in [2.75, 3.05) is 39.4 Å². The smallest absolute Gasteiger partial charge is 0.433 e. The second-order valence-electron chi connectivity index (χ2n) is 12.0. The quantitative estimate of drug-likeness (QED) is 0.211. The van der Waals surface area contributed by atoms with Crippen LogP contribution in [-0.2, 0) is 18.3 Å². The topological polar surface area (TPSA) is 152 Å². The number of nitrogens with one attached hydrogen (secondary N) is 1. The number of pyridine rings is 1. The maximum absolute atomic E-state index is 13.7. The average molecular weight is 640 g/mol. The van der Waals surface area contributed by atoms with Crippen molar-refractivity contribution in [2.24, 2.45) is 0 Å². The van der Waals surface area contributed by atoms with Crippen LogP contribution in [0.15, 0.2) is 43.1 Å². The summed E-state index contributed by atoms with van der Waals surface area (Å²) in [6.45, 7) is 1.61. The number of nitriles is 1. The molecule has 0 spiro atoms. The Morgan fingerprint density at radius 2 is 1.89 bits per heavy atom. The lowest BCUT2D eigenvalue weighted by molar-refractivity contribution is -0.141. The van der Waals surface area contributed by atoms with Gasteiger partial charge < -0.3 is 19.9 Å². The molecule has 0 unspecified atom stereocenters. The van der Waals surface area contributed by atoms with E-state index < -0.39 is 17.4 Å². The lowest BCUT2D eigenvalue weighted by Crippen LogP contribution is -2.58. The molecular weight excluding hydrogens is 603 g/mol. The molecule has 6 rings (SSSR count). The molecule has 3 N–H and O–H groups in total. The maximum atomic E-state index is 13.7. The van der Waals surface area contributed by atoms with E-state index >= 15 is 0 Å². The molecule has 4 aromatic rings. The third kappa shape index (κ3) is 6.70. The number of aliphatic hydroxyl groups is 2. The van der Waals surface area contributed by atoms with Crippen LogP contribution in [0.3, 0.4) is 0 Å². The summed E-state index contributed by atoms with van der Waals surface area (Å²) in [5.74, 6) is -0.0806. The first-order valence-electron chi connectivity index (χ1n) is 15.3. The lowest BCUT2D eigenvalue weighted by Gasteiger charge is -2.52. The van der Waals surface area contributed by atoms with Gasteiger partial charge in [0.1, 0.15) is 23.8 Å². The van der Waals surface area contributed by atoms with Crippen molar-refractivity contribution >= 4 is 11.0 Å². The monoisotopic (exact) mass is 639 g/mol. The van der Waals surface area contributed by atoms with Gasteiger partial charge in [-0.05, 0) is 43.4 Å². The number of rotatable bonds is 12. The molecule has 5 heterocycles. The summed E-state index contributed by atoms with van der Waals surface area (Å²) in [4.78, 5) is 19.6. The fourth-order valence-corrected chi connectivity index (χ4v) is 6.64. The molecule has 2 aliphatic rings. The Balaban J connectivity index is 1.08. The van der Waals surface area contributed by atoms with Crippen molar-refractivity contribution in [3.8, 4) is 23.2 Å². The van der Waals surface area contributed by atoms with Gasteiger partial charge in [-0.3, -0.25) is 14.5 Å². The molecule has 12 nitrogen and oxygen atoms in total. The van der Waals surface area contributed by atoms with E-state index in [1.165, 1.54) is 12.4 Å². The highest BCUT2D eigenvalue weighted by atomic mass is 19.4. The molecule has 1 aliphatic carbocycles. The highest BCUT2D eigenvalue weighted by Crippen LogP contribution is 2.45. The third-order valence-electron chi connectivity index (χ3n) is 9.01. The number of hydrogen-bond donors (Lipinski definition) is 3. The Kier molecular flexibility index (Phi) is 9.23. The largest absolute Gasteiger partial charge is 0.474 e. The van der Waals surface area contributed by atoms with E-state index in [2.05, 4.69) is 36.0 Å². The van der Waals surface area contributed by atoms with Gasteiger partial charge in [-0.15, -0.1) is 0 Å². The van der Waals surface area contributed by atoms with E-state index in [1.54, 1.807) is 11.1 Å². The van der Waals surface area contributed by atoms with Gasteiger partial charge >= 0.3 is 6.18 Å². The Bertz CT molecular complexity index is 1660. The van der Waals surface area contributed by atoms with E-state index in [0.29, 0.717) is 37.9 Å². The van der Waals surface area contributed by atoms with Crippen LogP contribution in [-0.4, -0.2) is 101 Å². The van der Waals surface area contributed by atoms with Crippen LogP contribution in [0.2, 0.25) is 0 Å². The van der Waals surface area contributed by atoms with E-state index in [0.717, 1.165) is 41.2 Å². The molecule has 0 radical (unpaired) electrons. The Labute approximate surface area is 263 Å². The summed E-state index contributed by atoms with van der Waals surface area (Å²) in [5, 5.41) is 33.8. The van der Waals surface area contributed by atoms with Crippen LogP contribution in [0, 0.1) is 11.3 Å². The number of H-pyrrole nitrogens is 1. The lowest BCUT2D eigenvalue weighted by atomic mass is 9.69. The van der Waals surface area contributed by atoms with Crippen molar-refractivity contribution < 1.29 is 28.1 Å². The molecule has 4 aromatic heterocycles. The number of fused-ring (bicyclic) bond motifs is 1. The zero-order chi connectivity index (χ0) is 32.3. The van der Waals surface area contributed by atoms with Crippen LogP contribution in [0.4, 0.5) is 13.2 Å². The van der Waals surface area contributed by atoms with Crippen LogP contribution in [0.25, 0.3) is 22.3 Å². The van der Waals surface area contributed by atoms with Crippen LogP contribution < -0.4 is 4.74 Å². The number of alkyl halides is 3. The number of aromatic nitrogens is 6. The molecule has 0 amide bonds. The minimum Gasteiger partial charge on any atom is -0.474 e. The summed E-state index contributed by atoms with van der Waals surface area (Å²) < 4.78 is 48.9. The highest BCUT2D eigenvalue weighted by Gasteiger charge is 2.49. The van der Waals surface area contributed by atoms with Crippen molar-refractivity contribution in [3.05, 3.63) is 54.4 Å². The number of halogens is 3. The Hall–Kier alpha value is -4.10.